The predicted molar refractivity (Wildman–Crippen MR) is 131 cm³/mol. The molecule has 4 aliphatic carbocycles. The van der Waals surface area contributed by atoms with Crippen molar-refractivity contribution in [1.82, 2.24) is 0 Å². The van der Waals surface area contributed by atoms with Crippen molar-refractivity contribution in [1.29, 1.82) is 0 Å². The Labute approximate surface area is 205 Å². The quantitative estimate of drug-likeness (QED) is 0.496. The number of hydrogen-bond acceptors (Lipinski definition) is 6. The molecule has 0 spiro atoms. The van der Waals surface area contributed by atoms with Gasteiger partial charge in [0.25, 0.3) is 5.91 Å². The molecule has 3 N–H and O–H groups in total. The summed E-state index contributed by atoms with van der Waals surface area (Å²) >= 11 is 0. The third-order valence-corrected chi connectivity index (χ3v) is 8.06. The second kappa shape index (κ2) is 9.63. The summed E-state index contributed by atoms with van der Waals surface area (Å²) in [6.45, 7) is -0.330. The molecule has 4 fully saturated rings. The number of carbonyl (C=O) groups excluding carboxylic acids is 2. The average Bonchev–Trinajstić information content (AvgIpc) is 2.86. The van der Waals surface area contributed by atoms with Crippen LogP contribution in [0, 0.1) is 17.8 Å². The number of esters is 1. The summed E-state index contributed by atoms with van der Waals surface area (Å²) in [6, 6.07) is 12.1. The molecule has 186 valence electrons. The number of anilines is 1. The molecular formula is C28H33NO6. The van der Waals surface area contributed by atoms with Crippen LogP contribution >= 0.6 is 0 Å². The molecule has 1 amide bonds. The Bertz CT molecular complexity index is 1060. The molecule has 2 aromatic rings. The molecule has 7 heteroatoms. The molecule has 2 aromatic carbocycles. The van der Waals surface area contributed by atoms with Crippen LogP contribution in [0.3, 0.4) is 0 Å². The van der Waals surface area contributed by atoms with Crippen molar-refractivity contribution < 1.29 is 29.3 Å². The first-order chi connectivity index (χ1) is 16.9. The third kappa shape index (κ3) is 4.80. The molecule has 4 saturated carbocycles. The summed E-state index contributed by atoms with van der Waals surface area (Å²) in [5, 5.41) is 22.1. The topological polar surface area (TPSA) is 105 Å². The molecular weight excluding hydrogens is 446 g/mol. The number of ether oxygens (including phenoxy) is 2. The lowest BCUT2D eigenvalue weighted by molar-refractivity contribution is -0.00735. The predicted octanol–water partition coefficient (Wildman–Crippen LogP) is 3.93. The number of aliphatic hydroxyl groups excluding tert-OH is 2. The van der Waals surface area contributed by atoms with E-state index in [4.69, 9.17) is 9.47 Å². The van der Waals surface area contributed by atoms with E-state index in [1.54, 1.807) is 24.3 Å². The number of nitrogens with one attached hydrogen (secondary N) is 1. The van der Waals surface area contributed by atoms with Gasteiger partial charge in [-0.25, -0.2) is 4.79 Å². The van der Waals surface area contributed by atoms with Crippen molar-refractivity contribution in [3.63, 3.8) is 0 Å². The van der Waals surface area contributed by atoms with E-state index in [0.717, 1.165) is 48.3 Å². The maximum Gasteiger partial charge on any atom is 0.337 e. The molecule has 0 heterocycles. The SMILES string of the molecule is COC(=O)c1ccc(C(=O)Nc2ccc(OCC(O)CO)c(C34CC5CC(CC(C5)C3)C4)c2)cc1. The van der Waals surface area contributed by atoms with Gasteiger partial charge in [0, 0.05) is 16.8 Å². The number of amides is 1. The van der Waals surface area contributed by atoms with Gasteiger partial charge in [0.15, 0.2) is 0 Å². The zero-order chi connectivity index (χ0) is 24.6. The fraction of sp³-hybridized carbons (Fsp3) is 0.500. The molecule has 0 aromatic heterocycles. The van der Waals surface area contributed by atoms with Crippen molar-refractivity contribution >= 4 is 17.6 Å². The summed E-state index contributed by atoms with van der Waals surface area (Å²) < 4.78 is 10.7. The Hall–Kier alpha value is -2.90. The van der Waals surface area contributed by atoms with Crippen LogP contribution in [0.15, 0.2) is 42.5 Å². The lowest BCUT2D eigenvalue weighted by atomic mass is 9.48. The highest BCUT2D eigenvalue weighted by Gasteiger charge is 2.52. The van der Waals surface area contributed by atoms with Crippen LogP contribution in [0.2, 0.25) is 0 Å². The summed E-state index contributed by atoms with van der Waals surface area (Å²) in [6.07, 6.45) is 6.40. The third-order valence-electron chi connectivity index (χ3n) is 8.06. The number of methoxy groups -OCH3 is 1. The van der Waals surface area contributed by atoms with Crippen LogP contribution in [-0.2, 0) is 10.2 Å². The highest BCUT2D eigenvalue weighted by atomic mass is 16.5. The van der Waals surface area contributed by atoms with Gasteiger partial charge in [-0.05, 0) is 104 Å². The van der Waals surface area contributed by atoms with Crippen LogP contribution in [0.4, 0.5) is 5.69 Å². The van der Waals surface area contributed by atoms with Crippen molar-refractivity contribution in [3.05, 3.63) is 59.2 Å². The van der Waals surface area contributed by atoms with Gasteiger partial charge in [-0.1, -0.05) is 0 Å². The number of aliphatic hydroxyl groups is 2. The monoisotopic (exact) mass is 479 g/mol. The molecule has 1 unspecified atom stereocenters. The van der Waals surface area contributed by atoms with E-state index in [0.29, 0.717) is 16.8 Å². The Morgan fingerprint density at radius 2 is 1.60 bits per heavy atom. The second-order valence-electron chi connectivity index (χ2n) is 10.6. The summed E-state index contributed by atoms with van der Waals surface area (Å²) in [4.78, 5) is 24.6. The largest absolute Gasteiger partial charge is 0.490 e. The van der Waals surface area contributed by atoms with E-state index in [-0.39, 0.29) is 24.5 Å². The molecule has 0 saturated heterocycles. The van der Waals surface area contributed by atoms with Crippen molar-refractivity contribution in [2.75, 3.05) is 25.6 Å². The van der Waals surface area contributed by atoms with Crippen LogP contribution in [0.1, 0.15) is 64.8 Å². The zero-order valence-corrected chi connectivity index (χ0v) is 20.0. The minimum Gasteiger partial charge on any atom is -0.490 e. The first kappa shape index (κ1) is 23.8. The fourth-order valence-corrected chi connectivity index (χ4v) is 6.91. The maximum absolute atomic E-state index is 12.9. The van der Waals surface area contributed by atoms with Gasteiger partial charge in [0.1, 0.15) is 18.5 Å². The van der Waals surface area contributed by atoms with Crippen molar-refractivity contribution in [2.24, 2.45) is 17.8 Å². The molecule has 1 atom stereocenters. The van der Waals surface area contributed by atoms with E-state index in [2.05, 4.69) is 5.32 Å². The number of benzene rings is 2. The fourth-order valence-electron chi connectivity index (χ4n) is 6.91. The van der Waals surface area contributed by atoms with Gasteiger partial charge < -0.3 is 25.0 Å². The molecule has 4 aliphatic rings. The zero-order valence-electron chi connectivity index (χ0n) is 20.0. The lowest BCUT2D eigenvalue weighted by Crippen LogP contribution is -2.48. The Morgan fingerprint density at radius 1 is 1.00 bits per heavy atom. The second-order valence-corrected chi connectivity index (χ2v) is 10.6. The van der Waals surface area contributed by atoms with Gasteiger partial charge in [-0.3, -0.25) is 4.79 Å². The van der Waals surface area contributed by atoms with E-state index in [1.165, 1.54) is 26.4 Å². The smallest absolute Gasteiger partial charge is 0.337 e. The van der Waals surface area contributed by atoms with Crippen LogP contribution in [0.25, 0.3) is 0 Å². The minimum absolute atomic E-state index is 0.0219. The van der Waals surface area contributed by atoms with E-state index in [9.17, 15) is 19.8 Å². The summed E-state index contributed by atoms with van der Waals surface area (Å²) in [5.41, 5.74) is 2.64. The molecule has 35 heavy (non-hydrogen) atoms. The Kier molecular flexibility index (Phi) is 6.55. The maximum atomic E-state index is 12.9. The number of rotatable bonds is 8. The number of hydrogen-bond donors (Lipinski definition) is 3. The van der Waals surface area contributed by atoms with Crippen molar-refractivity contribution in [3.8, 4) is 5.75 Å². The normalized spacial score (nSPS) is 27.3. The van der Waals surface area contributed by atoms with E-state index < -0.39 is 12.1 Å². The first-order valence-electron chi connectivity index (χ1n) is 12.4. The van der Waals surface area contributed by atoms with Crippen LogP contribution < -0.4 is 10.1 Å². The Morgan fingerprint density at radius 3 is 2.17 bits per heavy atom. The van der Waals surface area contributed by atoms with Gasteiger partial charge >= 0.3 is 5.97 Å². The van der Waals surface area contributed by atoms with Crippen LogP contribution in [0.5, 0.6) is 5.75 Å². The van der Waals surface area contributed by atoms with Gasteiger partial charge in [-0.15, -0.1) is 0 Å². The Balaban J connectivity index is 1.41. The molecule has 7 nitrogen and oxygen atoms in total. The average molecular weight is 480 g/mol. The van der Waals surface area contributed by atoms with E-state index >= 15 is 0 Å². The van der Waals surface area contributed by atoms with Crippen LogP contribution in [-0.4, -0.2) is 48.5 Å². The van der Waals surface area contributed by atoms with E-state index in [1.807, 2.05) is 18.2 Å². The molecule has 0 aliphatic heterocycles. The summed E-state index contributed by atoms with van der Waals surface area (Å²) in [5.74, 6) is 2.23. The molecule has 4 bridgehead atoms. The van der Waals surface area contributed by atoms with Gasteiger partial charge in [0.2, 0.25) is 0 Å². The van der Waals surface area contributed by atoms with Crippen molar-refractivity contribution in [2.45, 2.75) is 50.0 Å². The highest BCUT2D eigenvalue weighted by molar-refractivity contribution is 6.05. The lowest BCUT2D eigenvalue weighted by Gasteiger charge is -2.57. The number of carbonyl (C=O) groups is 2. The summed E-state index contributed by atoms with van der Waals surface area (Å²) in [7, 11) is 1.32. The first-order valence-corrected chi connectivity index (χ1v) is 12.4. The van der Waals surface area contributed by atoms with Gasteiger partial charge in [0.05, 0.1) is 19.3 Å². The molecule has 0 radical (unpaired) electrons. The minimum atomic E-state index is -0.938. The van der Waals surface area contributed by atoms with Gasteiger partial charge in [-0.2, -0.15) is 0 Å². The standard InChI is InChI=1S/C28H33NO6/c1-34-27(33)21-4-2-20(3-5-21)26(32)29-22-6-7-25(35-16-23(31)15-30)24(11-22)28-12-17-8-18(13-28)10-19(9-17)14-28/h2-7,11,17-19,23,30-31H,8-10,12-16H2,1H3,(H,29,32). The highest BCUT2D eigenvalue weighted by Crippen LogP contribution is 2.62. The molecule has 6 rings (SSSR count).